The Morgan fingerprint density at radius 1 is 0.957 bits per heavy atom. The summed E-state index contributed by atoms with van der Waals surface area (Å²) in [6, 6.07) is 8.53. The van der Waals surface area contributed by atoms with E-state index in [-0.39, 0.29) is 30.5 Å². The lowest BCUT2D eigenvalue weighted by Crippen LogP contribution is -2.35. The van der Waals surface area contributed by atoms with Gasteiger partial charge in [-0.1, -0.05) is 12.1 Å². The standard InChI is InChI=1S/C16H11N3O3S/c20-14-10-3-1-2-4-11(10)15(21)19(14)7-6-18-9-17-12-5-8-23-13(12)16(18)22/h1-5,8-9H,6-7H2. The minimum absolute atomic E-state index is 0.144. The van der Waals surface area contributed by atoms with Gasteiger partial charge < -0.3 is 0 Å². The van der Waals surface area contributed by atoms with Crippen molar-refractivity contribution in [1.29, 1.82) is 0 Å². The summed E-state index contributed by atoms with van der Waals surface area (Å²) in [5.74, 6) is -0.632. The molecular weight excluding hydrogens is 314 g/mol. The molecule has 1 aliphatic heterocycles. The third-order valence-corrected chi connectivity index (χ3v) is 4.77. The molecule has 2 aromatic heterocycles. The van der Waals surface area contributed by atoms with E-state index in [4.69, 9.17) is 0 Å². The van der Waals surface area contributed by atoms with Gasteiger partial charge in [-0.2, -0.15) is 0 Å². The van der Waals surface area contributed by atoms with E-state index in [0.29, 0.717) is 21.3 Å². The van der Waals surface area contributed by atoms with E-state index < -0.39 is 0 Å². The number of rotatable bonds is 3. The highest BCUT2D eigenvalue weighted by molar-refractivity contribution is 7.17. The fraction of sp³-hybridized carbons (Fsp3) is 0.125. The van der Waals surface area contributed by atoms with Gasteiger partial charge in [0, 0.05) is 13.1 Å². The van der Waals surface area contributed by atoms with Crippen molar-refractivity contribution in [3.8, 4) is 0 Å². The number of hydrogen-bond acceptors (Lipinski definition) is 5. The van der Waals surface area contributed by atoms with Gasteiger partial charge in [0.15, 0.2) is 0 Å². The zero-order valence-corrected chi connectivity index (χ0v) is 12.7. The van der Waals surface area contributed by atoms with E-state index in [1.165, 1.54) is 27.1 Å². The van der Waals surface area contributed by atoms with Crippen molar-refractivity contribution in [2.75, 3.05) is 6.54 Å². The highest BCUT2D eigenvalue weighted by atomic mass is 32.1. The van der Waals surface area contributed by atoms with Crippen LogP contribution in [0, 0.1) is 0 Å². The molecule has 0 unspecified atom stereocenters. The minimum atomic E-state index is -0.316. The van der Waals surface area contributed by atoms with Crippen LogP contribution in [0.2, 0.25) is 0 Å². The van der Waals surface area contributed by atoms with Gasteiger partial charge >= 0.3 is 0 Å². The maximum Gasteiger partial charge on any atom is 0.271 e. The Labute approximate surface area is 134 Å². The maximum absolute atomic E-state index is 12.3. The average molecular weight is 325 g/mol. The summed E-state index contributed by atoms with van der Waals surface area (Å²) in [6.45, 7) is 0.371. The van der Waals surface area contributed by atoms with Crippen molar-refractivity contribution in [3.63, 3.8) is 0 Å². The van der Waals surface area contributed by atoms with Crippen LogP contribution in [-0.2, 0) is 6.54 Å². The lowest BCUT2D eigenvalue weighted by molar-refractivity contribution is 0.0648. The smallest absolute Gasteiger partial charge is 0.271 e. The van der Waals surface area contributed by atoms with Crippen molar-refractivity contribution in [2.45, 2.75) is 6.54 Å². The molecule has 0 bridgehead atoms. The summed E-state index contributed by atoms with van der Waals surface area (Å²) in [5.41, 5.74) is 1.34. The van der Waals surface area contributed by atoms with E-state index in [2.05, 4.69) is 4.98 Å². The molecule has 3 heterocycles. The van der Waals surface area contributed by atoms with Gasteiger partial charge in [-0.3, -0.25) is 23.9 Å². The molecule has 4 rings (SSSR count). The van der Waals surface area contributed by atoms with Crippen LogP contribution in [0.4, 0.5) is 0 Å². The summed E-state index contributed by atoms with van der Waals surface area (Å²) < 4.78 is 2.01. The molecule has 23 heavy (non-hydrogen) atoms. The number of carbonyl (C=O) groups excluding carboxylic acids is 2. The third kappa shape index (κ3) is 2.08. The highest BCUT2D eigenvalue weighted by Crippen LogP contribution is 2.22. The number of carbonyl (C=O) groups is 2. The number of imide groups is 1. The number of hydrogen-bond donors (Lipinski definition) is 0. The molecule has 1 aromatic carbocycles. The molecule has 0 saturated heterocycles. The summed E-state index contributed by atoms with van der Waals surface area (Å²) in [4.78, 5) is 42.3. The van der Waals surface area contributed by atoms with E-state index >= 15 is 0 Å². The van der Waals surface area contributed by atoms with Crippen LogP contribution in [0.15, 0.2) is 46.8 Å². The Morgan fingerprint density at radius 3 is 2.35 bits per heavy atom. The molecule has 0 N–H and O–H groups in total. The molecule has 114 valence electrons. The van der Waals surface area contributed by atoms with Gasteiger partial charge in [0.2, 0.25) is 0 Å². The van der Waals surface area contributed by atoms with Crippen LogP contribution in [0.25, 0.3) is 10.2 Å². The van der Waals surface area contributed by atoms with Crippen LogP contribution in [0.5, 0.6) is 0 Å². The summed E-state index contributed by atoms with van der Waals surface area (Å²) in [7, 11) is 0. The topological polar surface area (TPSA) is 72.3 Å². The molecule has 0 atom stereocenters. The summed E-state index contributed by atoms with van der Waals surface area (Å²) in [6.07, 6.45) is 1.45. The Hall–Kier alpha value is -2.80. The number of benzene rings is 1. The number of nitrogens with zero attached hydrogens (tertiary/aromatic N) is 3. The lowest BCUT2D eigenvalue weighted by atomic mass is 10.1. The molecular formula is C16H11N3O3S. The molecule has 6 nitrogen and oxygen atoms in total. The molecule has 7 heteroatoms. The average Bonchev–Trinajstić information content (AvgIpc) is 3.13. The molecule has 2 amide bonds. The van der Waals surface area contributed by atoms with Gasteiger partial charge in [0.05, 0.1) is 23.0 Å². The SMILES string of the molecule is O=C1c2ccccc2C(=O)N1CCn1cnc2ccsc2c1=O. The largest absolute Gasteiger partial charge is 0.296 e. The number of thiophene rings is 1. The second-order valence-corrected chi connectivity index (χ2v) is 6.10. The number of amides is 2. The van der Waals surface area contributed by atoms with Crippen molar-refractivity contribution in [3.05, 3.63) is 63.5 Å². The predicted molar refractivity (Wildman–Crippen MR) is 85.7 cm³/mol. The first-order valence-corrected chi connectivity index (χ1v) is 7.92. The Balaban J connectivity index is 1.60. The number of aromatic nitrogens is 2. The van der Waals surface area contributed by atoms with Crippen molar-refractivity contribution in [1.82, 2.24) is 14.5 Å². The third-order valence-electron chi connectivity index (χ3n) is 3.88. The zero-order chi connectivity index (χ0) is 16.0. The van der Waals surface area contributed by atoms with E-state index in [0.717, 1.165) is 0 Å². The summed E-state index contributed by atoms with van der Waals surface area (Å²) >= 11 is 1.33. The van der Waals surface area contributed by atoms with E-state index in [1.54, 1.807) is 30.3 Å². The molecule has 0 aliphatic carbocycles. The molecule has 1 aliphatic rings. The maximum atomic E-state index is 12.3. The van der Waals surface area contributed by atoms with Crippen LogP contribution >= 0.6 is 11.3 Å². The molecule has 3 aromatic rings. The Bertz CT molecular complexity index is 970. The van der Waals surface area contributed by atoms with Crippen molar-refractivity contribution in [2.24, 2.45) is 0 Å². The predicted octanol–water partition coefficient (Wildman–Crippen LogP) is 1.75. The minimum Gasteiger partial charge on any atom is -0.296 e. The fourth-order valence-electron chi connectivity index (χ4n) is 2.69. The van der Waals surface area contributed by atoms with Gasteiger partial charge in [0.1, 0.15) is 4.70 Å². The first-order valence-electron chi connectivity index (χ1n) is 7.04. The van der Waals surface area contributed by atoms with Gasteiger partial charge in [0.25, 0.3) is 17.4 Å². The van der Waals surface area contributed by atoms with Crippen LogP contribution in [-0.4, -0.2) is 32.8 Å². The normalized spacial score (nSPS) is 13.8. The van der Waals surface area contributed by atoms with Gasteiger partial charge in [-0.15, -0.1) is 11.3 Å². The van der Waals surface area contributed by atoms with Crippen molar-refractivity contribution >= 4 is 33.4 Å². The second-order valence-electron chi connectivity index (χ2n) is 5.19. The van der Waals surface area contributed by atoms with E-state index in [9.17, 15) is 14.4 Å². The summed E-state index contributed by atoms with van der Waals surface area (Å²) in [5, 5.41) is 1.81. The molecule has 0 radical (unpaired) electrons. The van der Waals surface area contributed by atoms with E-state index in [1.807, 2.05) is 5.38 Å². The Morgan fingerprint density at radius 2 is 1.65 bits per heavy atom. The zero-order valence-electron chi connectivity index (χ0n) is 11.9. The first-order chi connectivity index (χ1) is 11.2. The van der Waals surface area contributed by atoms with Gasteiger partial charge in [-0.25, -0.2) is 4.98 Å². The fourth-order valence-corrected chi connectivity index (χ4v) is 3.48. The molecule has 0 spiro atoms. The van der Waals surface area contributed by atoms with Crippen molar-refractivity contribution < 1.29 is 9.59 Å². The monoisotopic (exact) mass is 325 g/mol. The highest BCUT2D eigenvalue weighted by Gasteiger charge is 2.34. The van der Waals surface area contributed by atoms with Crippen LogP contribution in [0.3, 0.4) is 0 Å². The Kier molecular flexibility index (Phi) is 3.09. The number of fused-ring (bicyclic) bond motifs is 2. The van der Waals surface area contributed by atoms with Crippen LogP contribution in [0.1, 0.15) is 20.7 Å². The lowest BCUT2D eigenvalue weighted by Gasteiger charge is -2.14. The molecule has 0 saturated carbocycles. The molecule has 0 fully saturated rings. The van der Waals surface area contributed by atoms with Gasteiger partial charge in [-0.05, 0) is 23.6 Å². The van der Waals surface area contributed by atoms with Crippen LogP contribution < -0.4 is 5.56 Å². The second kappa shape index (κ2) is 5.13. The first kappa shape index (κ1) is 13.8. The quantitative estimate of drug-likeness (QED) is 0.688.